The number of nitrogens with one attached hydrogen (secondary N) is 1. The van der Waals surface area contributed by atoms with Crippen molar-refractivity contribution in [3.05, 3.63) is 35.1 Å². The maximum atomic E-state index is 13.0. The van der Waals surface area contributed by atoms with Crippen LogP contribution in [0.5, 0.6) is 0 Å². The molecule has 0 aliphatic carbocycles. The molecular formula is C14H18FNO4. The Morgan fingerprint density at radius 3 is 2.60 bits per heavy atom. The summed E-state index contributed by atoms with van der Waals surface area (Å²) >= 11 is 0. The van der Waals surface area contributed by atoms with Crippen LogP contribution in [0.25, 0.3) is 0 Å². The van der Waals surface area contributed by atoms with Crippen molar-refractivity contribution in [1.29, 1.82) is 0 Å². The first-order valence-corrected chi connectivity index (χ1v) is 6.07. The van der Waals surface area contributed by atoms with Gasteiger partial charge in [0.1, 0.15) is 5.82 Å². The highest BCUT2D eigenvalue weighted by Crippen LogP contribution is 2.15. The number of benzene rings is 1. The maximum Gasteiger partial charge on any atom is 0.305 e. The minimum atomic E-state index is -1.04. The summed E-state index contributed by atoms with van der Waals surface area (Å²) in [4.78, 5) is 23.0. The van der Waals surface area contributed by atoms with E-state index in [2.05, 4.69) is 5.32 Å². The number of methoxy groups -OCH3 is 1. The second kappa shape index (κ2) is 6.47. The first-order chi connectivity index (χ1) is 9.27. The fraction of sp³-hybridized carbons (Fsp3) is 0.429. The normalized spacial score (nSPS) is 13.6. The Labute approximate surface area is 116 Å². The number of halogens is 1. The number of amides is 1. The summed E-state index contributed by atoms with van der Waals surface area (Å²) in [5.41, 5.74) is -0.241. The molecule has 0 saturated heterocycles. The molecule has 0 aliphatic rings. The molecule has 0 aliphatic heterocycles. The van der Waals surface area contributed by atoms with Crippen molar-refractivity contribution in [2.45, 2.75) is 25.8 Å². The van der Waals surface area contributed by atoms with Crippen molar-refractivity contribution in [1.82, 2.24) is 5.32 Å². The van der Waals surface area contributed by atoms with Gasteiger partial charge in [0.05, 0.1) is 18.6 Å². The monoisotopic (exact) mass is 283 g/mol. The van der Waals surface area contributed by atoms with Crippen LogP contribution in [0.2, 0.25) is 0 Å². The van der Waals surface area contributed by atoms with Gasteiger partial charge in [0.25, 0.3) is 5.91 Å². The number of aliphatic carboxylic acids is 1. The van der Waals surface area contributed by atoms with Gasteiger partial charge in [-0.1, -0.05) is 0 Å². The number of carbonyl (C=O) groups is 2. The Hall–Kier alpha value is -1.95. The number of hydrogen-bond acceptors (Lipinski definition) is 3. The molecular weight excluding hydrogens is 265 g/mol. The number of carbonyl (C=O) groups excluding carboxylic acids is 1. The van der Waals surface area contributed by atoms with Crippen LogP contribution in [-0.4, -0.2) is 36.2 Å². The van der Waals surface area contributed by atoms with E-state index < -0.39 is 23.2 Å². The SMILES string of the molecule is COCC(C)(CC(=O)O)NC(=O)c1ccc(F)cc1C. The largest absolute Gasteiger partial charge is 0.481 e. The summed E-state index contributed by atoms with van der Waals surface area (Å²) in [6, 6.07) is 3.81. The topological polar surface area (TPSA) is 75.6 Å². The molecule has 1 rings (SSSR count). The average Bonchev–Trinajstić information content (AvgIpc) is 2.26. The van der Waals surface area contributed by atoms with E-state index in [1.54, 1.807) is 13.8 Å². The standard InChI is InChI=1S/C14H18FNO4/c1-9-6-10(15)4-5-11(9)13(19)16-14(2,8-20-3)7-12(17)18/h4-6H,7-8H2,1-3H3,(H,16,19)(H,17,18). The van der Waals surface area contributed by atoms with Crippen LogP contribution in [0.4, 0.5) is 4.39 Å². The number of rotatable bonds is 6. The van der Waals surface area contributed by atoms with Gasteiger partial charge in [-0.15, -0.1) is 0 Å². The Morgan fingerprint density at radius 1 is 1.45 bits per heavy atom. The summed E-state index contributed by atoms with van der Waals surface area (Å²) in [7, 11) is 1.43. The summed E-state index contributed by atoms with van der Waals surface area (Å²) in [5, 5.41) is 11.5. The second-order valence-corrected chi connectivity index (χ2v) is 4.98. The van der Waals surface area contributed by atoms with Crippen molar-refractivity contribution >= 4 is 11.9 Å². The van der Waals surface area contributed by atoms with Crippen LogP contribution in [0.15, 0.2) is 18.2 Å². The molecule has 110 valence electrons. The molecule has 1 aromatic carbocycles. The second-order valence-electron chi connectivity index (χ2n) is 4.98. The van der Waals surface area contributed by atoms with Crippen LogP contribution in [0.3, 0.4) is 0 Å². The number of carboxylic acids is 1. The fourth-order valence-electron chi connectivity index (χ4n) is 2.01. The molecule has 20 heavy (non-hydrogen) atoms. The van der Waals surface area contributed by atoms with E-state index in [1.165, 1.54) is 25.3 Å². The molecule has 5 nitrogen and oxygen atoms in total. The minimum absolute atomic E-state index is 0.0608. The zero-order chi connectivity index (χ0) is 15.3. The van der Waals surface area contributed by atoms with Gasteiger partial charge in [0, 0.05) is 12.7 Å². The van der Waals surface area contributed by atoms with Gasteiger partial charge < -0.3 is 15.2 Å². The highest BCUT2D eigenvalue weighted by Gasteiger charge is 2.30. The summed E-state index contributed by atoms with van der Waals surface area (Å²) in [5.74, 6) is -1.92. The molecule has 0 bridgehead atoms. The fourth-order valence-corrected chi connectivity index (χ4v) is 2.01. The van der Waals surface area contributed by atoms with Crippen LogP contribution >= 0.6 is 0 Å². The molecule has 0 radical (unpaired) electrons. The third kappa shape index (κ3) is 4.31. The number of ether oxygens (including phenoxy) is 1. The quantitative estimate of drug-likeness (QED) is 0.834. The van der Waals surface area contributed by atoms with E-state index in [9.17, 15) is 14.0 Å². The lowest BCUT2D eigenvalue weighted by molar-refractivity contribution is -0.139. The Balaban J connectivity index is 2.93. The Kier molecular flexibility index (Phi) is 5.21. The molecule has 2 N–H and O–H groups in total. The van der Waals surface area contributed by atoms with Crippen LogP contribution < -0.4 is 5.32 Å². The summed E-state index contributed by atoms with van der Waals surface area (Å²) in [6.07, 6.45) is -0.271. The summed E-state index contributed by atoms with van der Waals surface area (Å²) in [6.45, 7) is 3.26. The molecule has 0 saturated carbocycles. The van der Waals surface area contributed by atoms with E-state index >= 15 is 0 Å². The van der Waals surface area contributed by atoms with E-state index in [0.717, 1.165) is 0 Å². The van der Waals surface area contributed by atoms with Crippen LogP contribution in [0.1, 0.15) is 29.3 Å². The molecule has 6 heteroatoms. The highest BCUT2D eigenvalue weighted by molar-refractivity contribution is 5.96. The van der Waals surface area contributed by atoms with Gasteiger partial charge in [-0.05, 0) is 37.6 Å². The van der Waals surface area contributed by atoms with Crippen molar-refractivity contribution < 1.29 is 23.8 Å². The van der Waals surface area contributed by atoms with Gasteiger partial charge >= 0.3 is 5.97 Å². The molecule has 1 aromatic rings. The van der Waals surface area contributed by atoms with E-state index in [0.29, 0.717) is 11.1 Å². The van der Waals surface area contributed by atoms with Crippen molar-refractivity contribution in [3.8, 4) is 0 Å². The molecule has 1 atom stereocenters. The van der Waals surface area contributed by atoms with Crippen molar-refractivity contribution in [3.63, 3.8) is 0 Å². The lowest BCUT2D eigenvalue weighted by Crippen LogP contribution is -2.50. The minimum Gasteiger partial charge on any atom is -0.481 e. The molecule has 1 unspecified atom stereocenters. The lowest BCUT2D eigenvalue weighted by atomic mass is 9.97. The first kappa shape index (κ1) is 16.1. The van der Waals surface area contributed by atoms with Gasteiger partial charge in [0.2, 0.25) is 0 Å². The van der Waals surface area contributed by atoms with E-state index in [1.807, 2.05) is 0 Å². The predicted molar refractivity (Wildman–Crippen MR) is 71.1 cm³/mol. The third-order valence-electron chi connectivity index (χ3n) is 2.85. The molecule has 1 amide bonds. The predicted octanol–water partition coefficient (Wildman–Crippen LogP) is 1.74. The highest BCUT2D eigenvalue weighted by atomic mass is 19.1. The van der Waals surface area contributed by atoms with Crippen molar-refractivity contribution in [2.24, 2.45) is 0 Å². The van der Waals surface area contributed by atoms with Gasteiger partial charge in [0.15, 0.2) is 0 Å². The molecule has 0 fully saturated rings. The summed E-state index contributed by atoms with van der Waals surface area (Å²) < 4.78 is 18.0. The van der Waals surface area contributed by atoms with E-state index in [-0.39, 0.29) is 13.0 Å². The number of hydrogen-bond donors (Lipinski definition) is 2. The molecule has 0 heterocycles. The zero-order valence-electron chi connectivity index (χ0n) is 11.7. The van der Waals surface area contributed by atoms with Gasteiger partial charge in [-0.25, -0.2) is 4.39 Å². The number of carboxylic acid groups (broad SMARTS) is 1. The number of aryl methyl sites for hydroxylation is 1. The smallest absolute Gasteiger partial charge is 0.305 e. The van der Waals surface area contributed by atoms with Crippen LogP contribution in [-0.2, 0) is 9.53 Å². The van der Waals surface area contributed by atoms with E-state index in [4.69, 9.17) is 9.84 Å². The average molecular weight is 283 g/mol. The third-order valence-corrected chi connectivity index (χ3v) is 2.85. The van der Waals surface area contributed by atoms with Crippen molar-refractivity contribution in [2.75, 3.05) is 13.7 Å². The zero-order valence-corrected chi connectivity index (χ0v) is 11.7. The van der Waals surface area contributed by atoms with Gasteiger partial charge in [-0.3, -0.25) is 9.59 Å². The maximum absolute atomic E-state index is 13.0. The Morgan fingerprint density at radius 2 is 2.10 bits per heavy atom. The first-order valence-electron chi connectivity index (χ1n) is 6.07. The molecule has 0 aromatic heterocycles. The lowest BCUT2D eigenvalue weighted by Gasteiger charge is -2.28. The molecule has 0 spiro atoms. The Bertz CT molecular complexity index is 518. The van der Waals surface area contributed by atoms with Crippen LogP contribution in [0, 0.1) is 12.7 Å². The van der Waals surface area contributed by atoms with Gasteiger partial charge in [-0.2, -0.15) is 0 Å².